The molecule has 6 heteroatoms. The summed E-state index contributed by atoms with van der Waals surface area (Å²) in [6, 6.07) is 15.9. The van der Waals surface area contributed by atoms with Crippen LogP contribution in [0.3, 0.4) is 0 Å². The summed E-state index contributed by atoms with van der Waals surface area (Å²) in [6.45, 7) is 19.6. The van der Waals surface area contributed by atoms with E-state index in [1.165, 1.54) is 38.5 Å². The predicted molar refractivity (Wildman–Crippen MR) is 182 cm³/mol. The van der Waals surface area contributed by atoms with E-state index in [4.69, 9.17) is 0 Å². The van der Waals surface area contributed by atoms with E-state index >= 15 is 0 Å². The molecular formula is C37H51N5Si. The fraction of sp³-hybridized carbons (Fsp3) is 0.568. The molecule has 0 unspecified atom stereocenters. The van der Waals surface area contributed by atoms with Crippen LogP contribution in [0.5, 0.6) is 0 Å². The predicted octanol–water partition coefficient (Wildman–Crippen LogP) is 10.0. The van der Waals surface area contributed by atoms with Gasteiger partial charge in [-0.15, -0.1) is 5.54 Å². The van der Waals surface area contributed by atoms with Crippen molar-refractivity contribution in [1.82, 2.24) is 0 Å². The summed E-state index contributed by atoms with van der Waals surface area (Å²) in [5, 5.41) is 39.9. The number of nitrogens with zero attached hydrogens (tertiary/aromatic N) is 5. The van der Waals surface area contributed by atoms with Crippen molar-refractivity contribution in [2.45, 2.75) is 123 Å². The van der Waals surface area contributed by atoms with Gasteiger partial charge in [0.05, 0.1) is 5.57 Å². The van der Waals surface area contributed by atoms with E-state index in [2.05, 4.69) is 71.8 Å². The lowest BCUT2D eigenvalue weighted by atomic mass is 9.91. The molecule has 0 heterocycles. The van der Waals surface area contributed by atoms with Gasteiger partial charge >= 0.3 is 0 Å². The molecule has 0 saturated carbocycles. The van der Waals surface area contributed by atoms with Crippen LogP contribution in [0.25, 0.3) is 5.57 Å². The number of hydrogen-bond donors (Lipinski definition) is 0. The van der Waals surface area contributed by atoms with Crippen molar-refractivity contribution in [2.75, 3.05) is 18.0 Å². The molecular weight excluding hydrogens is 543 g/mol. The highest BCUT2D eigenvalue weighted by atomic mass is 28.3. The van der Waals surface area contributed by atoms with Crippen LogP contribution in [-0.2, 0) is 0 Å². The highest BCUT2D eigenvalue weighted by Gasteiger charge is 2.42. The fourth-order valence-corrected chi connectivity index (χ4v) is 11.4. The third-order valence-corrected chi connectivity index (χ3v) is 14.8. The number of anilines is 1. The standard InChI is InChI=1S/C37H51N5Si/c1-9-11-13-15-22-42(23-16-14-12-10-2)35-19-17-32(18-20-35)37(34(27-40)28-41)36(33(25-38)26-39)21-24-43(29(3)4,30(5)6)31(7)8/h17-20,29-31H,9-16,22-23H2,1-8H3. The number of unbranched alkanes of at least 4 members (excludes halogenated alkanes) is 6. The topological polar surface area (TPSA) is 98.4 Å². The van der Waals surface area contributed by atoms with Gasteiger partial charge < -0.3 is 4.90 Å². The van der Waals surface area contributed by atoms with Crippen LogP contribution < -0.4 is 4.90 Å². The molecule has 228 valence electrons. The average molecular weight is 594 g/mol. The Labute approximate surface area is 263 Å². The van der Waals surface area contributed by atoms with E-state index in [1.807, 2.05) is 48.5 Å². The van der Waals surface area contributed by atoms with Crippen LogP contribution in [0.15, 0.2) is 41.0 Å². The van der Waals surface area contributed by atoms with Crippen LogP contribution in [0.2, 0.25) is 16.6 Å². The molecule has 0 aliphatic heterocycles. The van der Waals surface area contributed by atoms with Gasteiger partial charge in [0.1, 0.15) is 43.5 Å². The Bertz CT molecular complexity index is 1260. The maximum absolute atomic E-state index is 9.98. The Hall–Kier alpha value is -3.76. The van der Waals surface area contributed by atoms with Crippen LogP contribution in [0.1, 0.15) is 112 Å². The lowest BCUT2D eigenvalue weighted by Crippen LogP contribution is -2.43. The van der Waals surface area contributed by atoms with Gasteiger partial charge in [0.2, 0.25) is 0 Å². The molecule has 0 aromatic heterocycles. The van der Waals surface area contributed by atoms with Crippen molar-refractivity contribution in [3.05, 3.63) is 46.5 Å². The van der Waals surface area contributed by atoms with Gasteiger partial charge in [-0.3, -0.25) is 0 Å². The first-order chi connectivity index (χ1) is 20.6. The minimum absolute atomic E-state index is 0.151. The van der Waals surface area contributed by atoms with Crippen molar-refractivity contribution in [2.24, 2.45) is 0 Å². The van der Waals surface area contributed by atoms with Gasteiger partial charge in [0, 0.05) is 24.4 Å². The minimum Gasteiger partial charge on any atom is -0.372 e. The van der Waals surface area contributed by atoms with Gasteiger partial charge in [-0.25, -0.2) is 0 Å². The molecule has 1 aromatic rings. The minimum atomic E-state index is -2.23. The van der Waals surface area contributed by atoms with Crippen molar-refractivity contribution >= 4 is 19.3 Å². The summed E-state index contributed by atoms with van der Waals surface area (Å²) < 4.78 is 0. The zero-order valence-corrected chi connectivity index (χ0v) is 28.8. The van der Waals surface area contributed by atoms with Crippen LogP contribution >= 0.6 is 0 Å². The third-order valence-electron chi connectivity index (χ3n) is 8.55. The lowest BCUT2D eigenvalue weighted by molar-refractivity contribution is 0.609. The second-order valence-electron chi connectivity index (χ2n) is 12.2. The quantitative estimate of drug-likeness (QED) is 0.0624. The van der Waals surface area contributed by atoms with Crippen LogP contribution in [0, 0.1) is 56.8 Å². The molecule has 0 amide bonds. The molecule has 0 aliphatic rings. The Morgan fingerprint density at radius 3 is 1.47 bits per heavy atom. The maximum atomic E-state index is 9.98. The zero-order chi connectivity index (χ0) is 32.4. The van der Waals surface area contributed by atoms with E-state index in [-0.39, 0.29) is 22.3 Å². The smallest absolute Gasteiger partial charge is 0.146 e. The Kier molecular flexibility index (Phi) is 16.8. The number of benzene rings is 1. The second-order valence-corrected chi connectivity index (χ2v) is 17.8. The van der Waals surface area contributed by atoms with Crippen LogP contribution in [-0.4, -0.2) is 21.2 Å². The van der Waals surface area contributed by atoms with Gasteiger partial charge in [-0.05, 0) is 47.2 Å². The summed E-state index contributed by atoms with van der Waals surface area (Å²) in [5.41, 5.74) is 6.43. The summed E-state index contributed by atoms with van der Waals surface area (Å²) in [4.78, 5) is 2.42. The molecule has 0 bridgehead atoms. The number of rotatable bonds is 16. The Morgan fingerprint density at radius 1 is 0.651 bits per heavy atom. The van der Waals surface area contributed by atoms with Crippen molar-refractivity contribution in [1.29, 1.82) is 21.0 Å². The SMILES string of the molecule is CCCCCCN(CCCCCC)c1ccc(C(=C(C#N)C#N)C(C#C[Si](C(C)C)(C(C)C)C(C)C)=C(C#N)C#N)cc1. The Morgan fingerprint density at radius 2 is 1.09 bits per heavy atom. The van der Waals surface area contributed by atoms with Crippen molar-refractivity contribution < 1.29 is 0 Å². The molecule has 43 heavy (non-hydrogen) atoms. The molecule has 5 nitrogen and oxygen atoms in total. The van der Waals surface area contributed by atoms with E-state index in [0.29, 0.717) is 22.2 Å². The summed E-state index contributed by atoms with van der Waals surface area (Å²) in [5.74, 6) is 3.25. The molecule has 0 aliphatic carbocycles. The highest BCUT2D eigenvalue weighted by Crippen LogP contribution is 2.41. The summed E-state index contributed by atoms with van der Waals surface area (Å²) >= 11 is 0. The molecule has 1 rings (SSSR count). The first-order valence-electron chi connectivity index (χ1n) is 16.1. The average Bonchev–Trinajstić information content (AvgIpc) is 2.98. The van der Waals surface area contributed by atoms with E-state index in [9.17, 15) is 21.0 Å². The molecule has 0 N–H and O–H groups in total. The van der Waals surface area contributed by atoms with E-state index in [0.717, 1.165) is 31.6 Å². The highest BCUT2D eigenvalue weighted by molar-refractivity contribution is 6.90. The Balaban J connectivity index is 3.80. The molecule has 0 spiro atoms. The normalized spacial score (nSPS) is 10.7. The van der Waals surface area contributed by atoms with Gasteiger partial charge in [-0.2, -0.15) is 21.0 Å². The maximum Gasteiger partial charge on any atom is 0.146 e. The number of nitriles is 4. The first kappa shape index (κ1) is 37.3. The van der Waals surface area contributed by atoms with Crippen molar-refractivity contribution in [3.8, 4) is 35.7 Å². The molecule has 0 fully saturated rings. The van der Waals surface area contributed by atoms with Gasteiger partial charge in [-0.1, -0.05) is 112 Å². The molecule has 1 aromatic carbocycles. The second kappa shape index (κ2) is 19.4. The molecule has 0 atom stereocenters. The first-order valence-corrected chi connectivity index (χ1v) is 18.3. The van der Waals surface area contributed by atoms with Gasteiger partial charge in [0.25, 0.3) is 0 Å². The molecule has 0 saturated heterocycles. The monoisotopic (exact) mass is 593 g/mol. The zero-order valence-electron chi connectivity index (χ0n) is 27.8. The largest absolute Gasteiger partial charge is 0.372 e. The number of hydrogen-bond acceptors (Lipinski definition) is 5. The van der Waals surface area contributed by atoms with E-state index < -0.39 is 8.07 Å². The fourth-order valence-electron chi connectivity index (χ4n) is 6.21. The molecule has 0 radical (unpaired) electrons. The third kappa shape index (κ3) is 10.2. The van der Waals surface area contributed by atoms with E-state index in [1.54, 1.807) is 0 Å². The summed E-state index contributed by atoms with van der Waals surface area (Å²) in [6.07, 6.45) is 9.51. The summed E-state index contributed by atoms with van der Waals surface area (Å²) in [7, 11) is -2.23. The van der Waals surface area contributed by atoms with Gasteiger partial charge in [0.15, 0.2) is 0 Å². The number of allylic oxidation sites excluding steroid dienone is 4. The van der Waals surface area contributed by atoms with Crippen LogP contribution in [0.4, 0.5) is 5.69 Å². The van der Waals surface area contributed by atoms with Crippen molar-refractivity contribution in [3.63, 3.8) is 0 Å². The lowest BCUT2D eigenvalue weighted by Gasteiger charge is -2.38.